The molecule has 2 atom stereocenters. The average Bonchev–Trinajstić information content (AvgIpc) is 3.36. The van der Waals surface area contributed by atoms with Gasteiger partial charge in [-0.15, -0.1) is 0 Å². The van der Waals surface area contributed by atoms with E-state index in [1.807, 2.05) is 24.3 Å². The minimum atomic E-state index is -0.394. The van der Waals surface area contributed by atoms with E-state index < -0.39 is 5.97 Å². The SMILES string of the molecule is CCOC(=O)c1cccc(NC(=O)C2CC2c2ccccc2Cl)c1. The van der Waals surface area contributed by atoms with Crippen LogP contribution in [0.1, 0.15) is 35.2 Å². The van der Waals surface area contributed by atoms with Crippen LogP contribution >= 0.6 is 11.6 Å². The summed E-state index contributed by atoms with van der Waals surface area (Å²) in [4.78, 5) is 24.2. The molecule has 0 saturated heterocycles. The highest BCUT2D eigenvalue weighted by atomic mass is 35.5. The molecule has 0 radical (unpaired) electrons. The summed E-state index contributed by atoms with van der Waals surface area (Å²) < 4.78 is 4.97. The first kappa shape index (κ1) is 16.5. The molecule has 1 aliphatic rings. The van der Waals surface area contributed by atoms with Gasteiger partial charge in [-0.25, -0.2) is 4.79 Å². The lowest BCUT2D eigenvalue weighted by molar-refractivity contribution is -0.117. The number of amides is 1. The molecule has 0 bridgehead atoms. The monoisotopic (exact) mass is 343 g/mol. The van der Waals surface area contributed by atoms with Crippen LogP contribution in [0.25, 0.3) is 0 Å². The fourth-order valence-electron chi connectivity index (χ4n) is 2.78. The van der Waals surface area contributed by atoms with E-state index in [9.17, 15) is 9.59 Å². The number of ether oxygens (including phenoxy) is 1. The van der Waals surface area contributed by atoms with E-state index in [4.69, 9.17) is 16.3 Å². The summed E-state index contributed by atoms with van der Waals surface area (Å²) in [6.07, 6.45) is 0.785. The van der Waals surface area contributed by atoms with Crippen LogP contribution in [-0.2, 0) is 9.53 Å². The maximum atomic E-state index is 12.4. The lowest BCUT2D eigenvalue weighted by atomic mass is 10.1. The van der Waals surface area contributed by atoms with Crippen molar-refractivity contribution < 1.29 is 14.3 Å². The van der Waals surface area contributed by atoms with Gasteiger partial charge in [-0.05, 0) is 49.1 Å². The molecule has 5 heteroatoms. The van der Waals surface area contributed by atoms with Gasteiger partial charge in [-0.1, -0.05) is 35.9 Å². The highest BCUT2D eigenvalue weighted by Crippen LogP contribution is 2.49. The van der Waals surface area contributed by atoms with Crippen molar-refractivity contribution in [1.82, 2.24) is 0 Å². The molecule has 1 aliphatic carbocycles. The largest absolute Gasteiger partial charge is 0.462 e. The van der Waals surface area contributed by atoms with Gasteiger partial charge in [-0.3, -0.25) is 4.79 Å². The number of hydrogen-bond donors (Lipinski definition) is 1. The molecular weight excluding hydrogens is 326 g/mol. The molecule has 124 valence electrons. The standard InChI is InChI=1S/C19H18ClNO3/c1-2-24-19(23)12-6-5-7-13(10-12)21-18(22)16-11-15(16)14-8-3-4-9-17(14)20/h3-10,15-16H,2,11H2,1H3,(H,21,22). The first-order valence-electron chi connectivity index (χ1n) is 7.92. The number of anilines is 1. The third kappa shape index (κ3) is 3.60. The van der Waals surface area contributed by atoms with Crippen molar-refractivity contribution >= 4 is 29.2 Å². The molecule has 24 heavy (non-hydrogen) atoms. The summed E-state index contributed by atoms with van der Waals surface area (Å²) in [5, 5.41) is 3.57. The second-order valence-electron chi connectivity index (χ2n) is 5.76. The highest BCUT2D eigenvalue weighted by Gasteiger charge is 2.44. The van der Waals surface area contributed by atoms with Crippen molar-refractivity contribution in [2.45, 2.75) is 19.3 Å². The minimum Gasteiger partial charge on any atom is -0.462 e. The quantitative estimate of drug-likeness (QED) is 0.825. The third-order valence-corrected chi connectivity index (χ3v) is 4.42. The Morgan fingerprint density at radius 2 is 2.00 bits per heavy atom. The van der Waals surface area contributed by atoms with Crippen molar-refractivity contribution in [3.8, 4) is 0 Å². The maximum absolute atomic E-state index is 12.4. The second kappa shape index (κ2) is 7.05. The van der Waals surface area contributed by atoms with E-state index in [0.717, 1.165) is 12.0 Å². The molecule has 1 saturated carbocycles. The van der Waals surface area contributed by atoms with Gasteiger partial charge in [0.25, 0.3) is 0 Å². The van der Waals surface area contributed by atoms with Crippen LogP contribution in [0.3, 0.4) is 0 Å². The number of hydrogen-bond acceptors (Lipinski definition) is 3. The molecule has 0 heterocycles. The summed E-state index contributed by atoms with van der Waals surface area (Å²) in [7, 11) is 0. The molecule has 1 N–H and O–H groups in total. The summed E-state index contributed by atoms with van der Waals surface area (Å²) in [6, 6.07) is 14.4. The zero-order valence-corrected chi connectivity index (χ0v) is 14.0. The highest BCUT2D eigenvalue weighted by molar-refractivity contribution is 6.31. The predicted molar refractivity (Wildman–Crippen MR) is 93.3 cm³/mol. The van der Waals surface area contributed by atoms with E-state index >= 15 is 0 Å². The van der Waals surface area contributed by atoms with Gasteiger partial charge in [0, 0.05) is 16.6 Å². The molecular formula is C19H18ClNO3. The molecule has 1 amide bonds. The summed E-state index contributed by atoms with van der Waals surface area (Å²) in [5.41, 5.74) is 2.03. The second-order valence-corrected chi connectivity index (χ2v) is 6.17. The first-order valence-corrected chi connectivity index (χ1v) is 8.30. The maximum Gasteiger partial charge on any atom is 0.338 e. The molecule has 3 rings (SSSR count). The molecule has 0 spiro atoms. The molecule has 2 aromatic rings. The van der Waals surface area contributed by atoms with Crippen LogP contribution in [0.2, 0.25) is 5.02 Å². The third-order valence-electron chi connectivity index (χ3n) is 4.07. The Hall–Kier alpha value is -2.33. The fourth-order valence-corrected chi connectivity index (χ4v) is 3.05. The normalized spacial score (nSPS) is 18.8. The van der Waals surface area contributed by atoms with Gasteiger partial charge >= 0.3 is 5.97 Å². The Morgan fingerprint density at radius 1 is 1.21 bits per heavy atom. The summed E-state index contributed by atoms with van der Waals surface area (Å²) in [5.74, 6) is -0.377. The number of benzene rings is 2. The lowest BCUT2D eigenvalue weighted by Gasteiger charge is -2.08. The predicted octanol–water partition coefficient (Wildman–Crippen LogP) is 4.26. The van der Waals surface area contributed by atoms with Gasteiger partial charge in [0.05, 0.1) is 12.2 Å². The smallest absolute Gasteiger partial charge is 0.338 e. The minimum absolute atomic E-state index is 0.0547. The molecule has 2 unspecified atom stereocenters. The van der Waals surface area contributed by atoms with Crippen molar-refractivity contribution in [1.29, 1.82) is 0 Å². The molecule has 2 aromatic carbocycles. The van der Waals surface area contributed by atoms with E-state index in [-0.39, 0.29) is 17.7 Å². The number of esters is 1. The van der Waals surface area contributed by atoms with Crippen molar-refractivity contribution in [2.75, 3.05) is 11.9 Å². The van der Waals surface area contributed by atoms with Gasteiger partial charge in [0.2, 0.25) is 5.91 Å². The van der Waals surface area contributed by atoms with Gasteiger partial charge < -0.3 is 10.1 Å². The first-order chi connectivity index (χ1) is 11.6. The Labute approximate surface area is 145 Å². The van der Waals surface area contributed by atoms with Crippen LogP contribution in [0, 0.1) is 5.92 Å². The number of halogens is 1. The number of rotatable bonds is 5. The van der Waals surface area contributed by atoms with Gasteiger partial charge in [-0.2, -0.15) is 0 Å². The van der Waals surface area contributed by atoms with Crippen LogP contribution in [0.5, 0.6) is 0 Å². The van der Waals surface area contributed by atoms with E-state index in [0.29, 0.717) is 22.9 Å². The zero-order valence-electron chi connectivity index (χ0n) is 13.3. The zero-order chi connectivity index (χ0) is 17.1. The van der Waals surface area contributed by atoms with Crippen LogP contribution < -0.4 is 5.32 Å². The van der Waals surface area contributed by atoms with Crippen molar-refractivity contribution in [3.63, 3.8) is 0 Å². The van der Waals surface area contributed by atoms with Crippen LogP contribution in [0.15, 0.2) is 48.5 Å². The van der Waals surface area contributed by atoms with Gasteiger partial charge in [0.1, 0.15) is 0 Å². The summed E-state index contributed by atoms with van der Waals surface area (Å²) in [6.45, 7) is 2.07. The van der Waals surface area contributed by atoms with Crippen LogP contribution in [-0.4, -0.2) is 18.5 Å². The number of nitrogens with one attached hydrogen (secondary N) is 1. The van der Waals surface area contributed by atoms with Gasteiger partial charge in [0.15, 0.2) is 0 Å². The summed E-state index contributed by atoms with van der Waals surface area (Å²) >= 11 is 6.19. The molecule has 0 aliphatic heterocycles. The lowest BCUT2D eigenvalue weighted by Crippen LogP contribution is -2.15. The number of carbonyl (C=O) groups is 2. The van der Waals surface area contributed by atoms with Crippen molar-refractivity contribution in [3.05, 3.63) is 64.7 Å². The molecule has 4 nitrogen and oxygen atoms in total. The average molecular weight is 344 g/mol. The van der Waals surface area contributed by atoms with Crippen molar-refractivity contribution in [2.24, 2.45) is 5.92 Å². The Bertz CT molecular complexity index is 775. The van der Waals surface area contributed by atoms with E-state index in [1.54, 1.807) is 31.2 Å². The Morgan fingerprint density at radius 3 is 2.75 bits per heavy atom. The molecule has 0 aromatic heterocycles. The van der Waals surface area contributed by atoms with Crippen LogP contribution in [0.4, 0.5) is 5.69 Å². The Balaban J connectivity index is 1.65. The Kier molecular flexibility index (Phi) is 4.86. The fraction of sp³-hybridized carbons (Fsp3) is 0.263. The topological polar surface area (TPSA) is 55.4 Å². The van der Waals surface area contributed by atoms with E-state index in [2.05, 4.69) is 5.32 Å². The van der Waals surface area contributed by atoms with E-state index in [1.165, 1.54) is 0 Å². The number of carbonyl (C=O) groups excluding carboxylic acids is 2. The molecule has 1 fully saturated rings.